The molecule has 2 aromatic heterocycles. The van der Waals surface area contributed by atoms with Gasteiger partial charge in [-0.25, -0.2) is 4.98 Å². The molecule has 5 heteroatoms. The van der Waals surface area contributed by atoms with Gasteiger partial charge < -0.3 is 15.3 Å². The van der Waals surface area contributed by atoms with Gasteiger partial charge in [0.1, 0.15) is 5.65 Å². The first kappa shape index (κ1) is 14.1. The second-order valence-electron chi connectivity index (χ2n) is 5.30. The molecule has 0 amide bonds. The minimum atomic E-state index is 0.135. The number of aromatic nitrogens is 2. The number of rotatable bonds is 4. The number of amidine groups is 1. The zero-order valence-electron chi connectivity index (χ0n) is 12.4. The van der Waals surface area contributed by atoms with Crippen LogP contribution in [0.1, 0.15) is 22.4 Å². The van der Waals surface area contributed by atoms with E-state index in [-0.39, 0.29) is 5.84 Å². The summed E-state index contributed by atoms with van der Waals surface area (Å²) in [5.41, 5.74) is 10.9. The van der Waals surface area contributed by atoms with Crippen molar-refractivity contribution >= 4 is 11.5 Å². The Balaban J connectivity index is 1.84. The van der Waals surface area contributed by atoms with Crippen molar-refractivity contribution in [2.45, 2.75) is 19.8 Å². The van der Waals surface area contributed by atoms with Crippen LogP contribution in [0.4, 0.5) is 0 Å². The molecule has 3 N–H and O–H groups in total. The van der Waals surface area contributed by atoms with Gasteiger partial charge in [-0.15, -0.1) is 0 Å². The van der Waals surface area contributed by atoms with Gasteiger partial charge in [0.25, 0.3) is 0 Å². The van der Waals surface area contributed by atoms with Gasteiger partial charge in [0.2, 0.25) is 0 Å². The molecule has 0 unspecified atom stereocenters. The topological polar surface area (TPSA) is 75.9 Å². The maximum Gasteiger partial charge on any atom is 0.170 e. The minimum Gasteiger partial charge on any atom is -0.409 e. The number of pyridine rings is 1. The predicted molar refractivity (Wildman–Crippen MR) is 86.3 cm³/mol. The van der Waals surface area contributed by atoms with Gasteiger partial charge in [-0.1, -0.05) is 23.4 Å². The lowest BCUT2D eigenvalue weighted by Gasteiger charge is -2.08. The highest BCUT2D eigenvalue weighted by molar-refractivity contribution is 5.97. The van der Waals surface area contributed by atoms with Crippen LogP contribution in [0.3, 0.4) is 0 Å². The van der Waals surface area contributed by atoms with Crippen LogP contribution >= 0.6 is 0 Å². The molecular weight excluding hydrogens is 276 g/mol. The van der Waals surface area contributed by atoms with Gasteiger partial charge in [0, 0.05) is 23.7 Å². The molecule has 1 aromatic carbocycles. The highest BCUT2D eigenvalue weighted by Crippen LogP contribution is 2.15. The summed E-state index contributed by atoms with van der Waals surface area (Å²) in [6, 6.07) is 11.8. The third kappa shape index (κ3) is 2.65. The van der Waals surface area contributed by atoms with E-state index < -0.39 is 0 Å². The van der Waals surface area contributed by atoms with E-state index in [2.05, 4.69) is 21.5 Å². The third-order valence-corrected chi connectivity index (χ3v) is 3.90. The minimum absolute atomic E-state index is 0.135. The Hall–Kier alpha value is -2.82. The molecule has 112 valence electrons. The number of hydrogen-bond donors (Lipinski definition) is 2. The molecule has 0 spiro atoms. The number of hydrogen-bond acceptors (Lipinski definition) is 3. The second kappa shape index (κ2) is 5.89. The molecule has 0 saturated carbocycles. The number of nitrogens with two attached hydrogens (primary N) is 1. The van der Waals surface area contributed by atoms with E-state index in [1.807, 2.05) is 48.8 Å². The monoisotopic (exact) mass is 294 g/mol. The Morgan fingerprint density at radius 3 is 2.95 bits per heavy atom. The van der Waals surface area contributed by atoms with E-state index in [1.165, 1.54) is 16.8 Å². The summed E-state index contributed by atoms with van der Waals surface area (Å²) in [5.74, 6) is 0.135. The fourth-order valence-electron chi connectivity index (χ4n) is 2.59. The summed E-state index contributed by atoms with van der Waals surface area (Å²) >= 11 is 0. The number of benzene rings is 1. The molecule has 3 rings (SSSR count). The van der Waals surface area contributed by atoms with Gasteiger partial charge in [-0.05, 0) is 49.1 Å². The first-order valence-electron chi connectivity index (χ1n) is 7.17. The number of oxime groups is 1. The van der Waals surface area contributed by atoms with E-state index in [0.29, 0.717) is 0 Å². The van der Waals surface area contributed by atoms with E-state index in [9.17, 15) is 0 Å². The molecular formula is C17H18N4O. The molecule has 22 heavy (non-hydrogen) atoms. The van der Waals surface area contributed by atoms with Crippen LogP contribution in [0.15, 0.2) is 53.9 Å². The lowest BCUT2D eigenvalue weighted by Crippen LogP contribution is -2.13. The molecule has 3 aromatic rings. The molecule has 2 heterocycles. The van der Waals surface area contributed by atoms with Gasteiger partial charge in [-0.2, -0.15) is 0 Å². The summed E-state index contributed by atoms with van der Waals surface area (Å²) in [6.45, 7) is 2.07. The Kier molecular flexibility index (Phi) is 3.78. The fourth-order valence-corrected chi connectivity index (χ4v) is 2.59. The van der Waals surface area contributed by atoms with Crippen LogP contribution in [-0.4, -0.2) is 20.4 Å². The average molecular weight is 294 g/mol. The van der Waals surface area contributed by atoms with E-state index in [1.54, 1.807) is 0 Å². The van der Waals surface area contributed by atoms with Crippen LogP contribution in [0, 0.1) is 6.92 Å². The zero-order valence-corrected chi connectivity index (χ0v) is 12.4. The van der Waals surface area contributed by atoms with Gasteiger partial charge in [0.05, 0.1) is 0 Å². The number of fused-ring (bicyclic) bond motifs is 1. The Morgan fingerprint density at radius 1 is 1.27 bits per heavy atom. The van der Waals surface area contributed by atoms with Crippen molar-refractivity contribution in [1.82, 2.24) is 9.38 Å². The molecule has 0 bridgehead atoms. The van der Waals surface area contributed by atoms with Crippen LogP contribution in [0.2, 0.25) is 0 Å². The smallest absolute Gasteiger partial charge is 0.170 e. The largest absolute Gasteiger partial charge is 0.409 e. The quantitative estimate of drug-likeness (QED) is 0.336. The molecule has 0 radical (unpaired) electrons. The molecule has 0 aliphatic heterocycles. The molecule has 0 saturated heterocycles. The summed E-state index contributed by atoms with van der Waals surface area (Å²) in [4.78, 5) is 4.40. The number of nitrogens with zero attached hydrogens (tertiary/aromatic N) is 3. The first-order valence-corrected chi connectivity index (χ1v) is 7.17. The molecule has 0 aliphatic carbocycles. The fraction of sp³-hybridized carbons (Fsp3) is 0.176. The van der Waals surface area contributed by atoms with E-state index in [4.69, 9.17) is 10.9 Å². The number of aryl methyl sites for hydroxylation is 3. The SMILES string of the molecule is Cc1ccc(/C(N)=N/O)cc1CCc1cnc2ccccn12. The summed E-state index contributed by atoms with van der Waals surface area (Å²) < 4.78 is 2.10. The Bertz CT molecular complexity index is 836. The normalized spacial score (nSPS) is 12.0. The van der Waals surface area contributed by atoms with Crippen molar-refractivity contribution in [1.29, 1.82) is 0 Å². The van der Waals surface area contributed by atoms with Crippen LogP contribution in [-0.2, 0) is 12.8 Å². The van der Waals surface area contributed by atoms with Crippen molar-refractivity contribution in [3.05, 3.63) is 71.2 Å². The molecule has 0 atom stereocenters. The maximum absolute atomic E-state index is 8.80. The summed E-state index contributed by atoms with van der Waals surface area (Å²) in [6.07, 6.45) is 5.70. The highest BCUT2D eigenvalue weighted by atomic mass is 16.4. The summed E-state index contributed by atoms with van der Waals surface area (Å²) in [7, 11) is 0. The van der Waals surface area contributed by atoms with Crippen molar-refractivity contribution in [3.8, 4) is 0 Å². The second-order valence-corrected chi connectivity index (χ2v) is 5.30. The molecule has 0 fully saturated rings. The lowest BCUT2D eigenvalue weighted by atomic mass is 10.00. The molecule has 5 nitrogen and oxygen atoms in total. The maximum atomic E-state index is 8.80. The van der Waals surface area contributed by atoms with Crippen LogP contribution in [0.25, 0.3) is 5.65 Å². The Labute approximate surface area is 128 Å². The lowest BCUT2D eigenvalue weighted by molar-refractivity contribution is 0.318. The van der Waals surface area contributed by atoms with E-state index in [0.717, 1.165) is 24.1 Å². The highest BCUT2D eigenvalue weighted by Gasteiger charge is 2.07. The van der Waals surface area contributed by atoms with Crippen molar-refractivity contribution in [3.63, 3.8) is 0 Å². The predicted octanol–water partition coefficient (Wildman–Crippen LogP) is 2.52. The third-order valence-electron chi connectivity index (χ3n) is 3.90. The van der Waals surface area contributed by atoms with Gasteiger partial charge in [0.15, 0.2) is 5.84 Å². The van der Waals surface area contributed by atoms with Gasteiger partial charge >= 0.3 is 0 Å². The first-order chi connectivity index (χ1) is 10.7. The van der Waals surface area contributed by atoms with E-state index >= 15 is 0 Å². The Morgan fingerprint density at radius 2 is 2.14 bits per heavy atom. The average Bonchev–Trinajstić information content (AvgIpc) is 2.96. The van der Waals surface area contributed by atoms with Crippen molar-refractivity contribution in [2.75, 3.05) is 0 Å². The molecule has 0 aliphatic rings. The van der Waals surface area contributed by atoms with Crippen molar-refractivity contribution in [2.24, 2.45) is 10.9 Å². The standard InChI is InChI=1S/C17H18N4O/c1-12-5-6-14(17(18)20-22)10-13(12)7-8-15-11-19-16-4-2-3-9-21(15)16/h2-6,9-11,22H,7-8H2,1H3,(H2,18,20). The van der Waals surface area contributed by atoms with Crippen LogP contribution < -0.4 is 5.73 Å². The van der Waals surface area contributed by atoms with Crippen molar-refractivity contribution < 1.29 is 5.21 Å². The summed E-state index contributed by atoms with van der Waals surface area (Å²) in [5, 5.41) is 11.9. The number of imidazole rings is 1. The van der Waals surface area contributed by atoms with Crippen LogP contribution in [0.5, 0.6) is 0 Å². The zero-order chi connectivity index (χ0) is 15.5. The van der Waals surface area contributed by atoms with Gasteiger partial charge in [-0.3, -0.25) is 0 Å².